The summed E-state index contributed by atoms with van der Waals surface area (Å²) in [5, 5.41) is 4.81. The third kappa shape index (κ3) is 6.00. The zero-order chi connectivity index (χ0) is 27.1. The van der Waals surface area contributed by atoms with Gasteiger partial charge in [0.05, 0.1) is 28.6 Å². The van der Waals surface area contributed by atoms with Gasteiger partial charge < -0.3 is 9.64 Å². The molecule has 196 valence electrons. The van der Waals surface area contributed by atoms with Gasteiger partial charge in [-0.1, -0.05) is 48.5 Å². The molecule has 0 unspecified atom stereocenters. The van der Waals surface area contributed by atoms with Crippen LogP contribution in [0.25, 0.3) is 29.1 Å². The number of aromatic nitrogens is 3. The molecule has 2 heterocycles. The molecule has 2 aromatic heterocycles. The van der Waals surface area contributed by atoms with Crippen LogP contribution in [0, 0.1) is 0 Å². The average molecular weight is 531 g/mol. The van der Waals surface area contributed by atoms with Crippen LogP contribution in [-0.4, -0.2) is 50.8 Å². The van der Waals surface area contributed by atoms with Crippen LogP contribution in [0.4, 0.5) is 0 Å². The Labute approximate surface area is 224 Å². The Balaban J connectivity index is 1.89. The number of likely N-dealkylation sites (N-methyl/N-ethyl adjacent to an activating group) is 1. The van der Waals surface area contributed by atoms with E-state index in [-0.39, 0.29) is 24.6 Å². The van der Waals surface area contributed by atoms with Crippen molar-refractivity contribution < 1.29 is 14.3 Å². The van der Waals surface area contributed by atoms with Crippen molar-refractivity contribution in [3.8, 4) is 16.9 Å². The molecule has 4 rings (SSSR count). The van der Waals surface area contributed by atoms with Crippen LogP contribution >= 0.6 is 11.3 Å². The molecule has 0 saturated carbocycles. The summed E-state index contributed by atoms with van der Waals surface area (Å²) >= 11 is 1.14. The lowest BCUT2D eigenvalue weighted by molar-refractivity contribution is -0.135. The molecule has 0 spiro atoms. The molecule has 0 saturated heterocycles. The van der Waals surface area contributed by atoms with Gasteiger partial charge in [0.2, 0.25) is 5.91 Å². The Morgan fingerprint density at radius 1 is 1.00 bits per heavy atom. The Hall–Kier alpha value is -4.24. The molecule has 9 heteroatoms. The lowest BCUT2D eigenvalue weighted by Crippen LogP contribution is -2.40. The summed E-state index contributed by atoms with van der Waals surface area (Å²) in [5.41, 5.74) is 2.89. The summed E-state index contributed by atoms with van der Waals surface area (Å²) in [5.74, 6) is -0.756. The summed E-state index contributed by atoms with van der Waals surface area (Å²) in [7, 11) is 0. The first-order chi connectivity index (χ1) is 18.4. The van der Waals surface area contributed by atoms with Crippen molar-refractivity contribution >= 4 is 35.4 Å². The van der Waals surface area contributed by atoms with Gasteiger partial charge in [-0.2, -0.15) is 5.10 Å². The normalized spacial score (nSPS) is 12.1. The maximum absolute atomic E-state index is 13.6. The van der Waals surface area contributed by atoms with Crippen molar-refractivity contribution in [2.45, 2.75) is 27.3 Å². The fourth-order valence-electron chi connectivity index (χ4n) is 4.06. The molecule has 0 radical (unpaired) electrons. The van der Waals surface area contributed by atoms with Gasteiger partial charge in [-0.15, -0.1) is 11.3 Å². The molecule has 0 atom stereocenters. The molecule has 0 fully saturated rings. The summed E-state index contributed by atoms with van der Waals surface area (Å²) in [6.07, 6.45) is 4.91. The first kappa shape index (κ1) is 26.8. The molecule has 1 amide bonds. The predicted molar refractivity (Wildman–Crippen MR) is 149 cm³/mol. The van der Waals surface area contributed by atoms with E-state index >= 15 is 0 Å². The van der Waals surface area contributed by atoms with Gasteiger partial charge in [0.1, 0.15) is 11.2 Å². The summed E-state index contributed by atoms with van der Waals surface area (Å²) < 4.78 is 8.93. The molecular weight excluding hydrogens is 500 g/mol. The van der Waals surface area contributed by atoms with Gasteiger partial charge >= 0.3 is 5.97 Å². The van der Waals surface area contributed by atoms with E-state index in [1.165, 1.54) is 10.6 Å². The minimum Gasteiger partial charge on any atom is -0.463 e. The molecule has 0 bridgehead atoms. The van der Waals surface area contributed by atoms with Gasteiger partial charge in [0, 0.05) is 30.4 Å². The monoisotopic (exact) mass is 530 g/mol. The highest BCUT2D eigenvalue weighted by Gasteiger charge is 2.16. The first-order valence-electron chi connectivity index (χ1n) is 12.5. The highest BCUT2D eigenvalue weighted by Crippen LogP contribution is 2.24. The average Bonchev–Trinajstić information content (AvgIpc) is 3.47. The van der Waals surface area contributed by atoms with E-state index in [1.807, 2.05) is 80.7 Å². The number of esters is 1. The third-order valence-electron chi connectivity index (χ3n) is 5.97. The number of hydrogen-bond donors (Lipinski definition) is 0. The second-order valence-corrected chi connectivity index (χ2v) is 9.44. The van der Waals surface area contributed by atoms with E-state index in [1.54, 1.807) is 22.6 Å². The van der Waals surface area contributed by atoms with Crippen molar-refractivity contribution in [3.63, 3.8) is 0 Å². The van der Waals surface area contributed by atoms with Crippen LogP contribution in [-0.2, 0) is 20.9 Å². The van der Waals surface area contributed by atoms with Crippen molar-refractivity contribution in [3.05, 3.63) is 92.0 Å². The van der Waals surface area contributed by atoms with Crippen molar-refractivity contribution in [1.29, 1.82) is 0 Å². The summed E-state index contributed by atoms with van der Waals surface area (Å²) in [4.78, 5) is 40.4. The Morgan fingerprint density at radius 2 is 1.66 bits per heavy atom. The number of para-hydroxylation sites is 1. The van der Waals surface area contributed by atoms with Gasteiger partial charge in [0.15, 0.2) is 0 Å². The number of benzene rings is 2. The van der Waals surface area contributed by atoms with Crippen LogP contribution in [0.2, 0.25) is 0 Å². The summed E-state index contributed by atoms with van der Waals surface area (Å²) in [6, 6.07) is 19.4. The minimum absolute atomic E-state index is 0.162. The number of nitrogens with zero attached hydrogens (tertiary/aromatic N) is 4. The quantitative estimate of drug-likeness (QED) is 0.311. The van der Waals surface area contributed by atoms with E-state index in [0.29, 0.717) is 28.0 Å². The molecule has 0 aliphatic rings. The smallest absolute Gasteiger partial charge is 0.333 e. The van der Waals surface area contributed by atoms with E-state index < -0.39 is 5.97 Å². The third-order valence-corrected chi connectivity index (χ3v) is 7.03. The van der Waals surface area contributed by atoms with Crippen LogP contribution in [0.5, 0.6) is 0 Å². The van der Waals surface area contributed by atoms with Crippen LogP contribution in [0.15, 0.2) is 71.7 Å². The zero-order valence-electron chi connectivity index (χ0n) is 21.7. The van der Waals surface area contributed by atoms with Gasteiger partial charge in [-0.25, -0.2) is 9.48 Å². The molecule has 0 aliphatic carbocycles. The van der Waals surface area contributed by atoms with Gasteiger partial charge in [-0.05, 0) is 39.0 Å². The standard InChI is InChI=1S/C29H30N4O4S/c1-4-31(5-2)25(34)20-32-26(18-27(35)37-6-3)38-24(29(32)36)17-22-19-33(23-15-11-8-12-16-23)30-28(22)21-13-9-7-10-14-21/h7-19H,4-6,20H2,1-3H3/b24-17+,26-18-. The minimum atomic E-state index is -0.564. The predicted octanol–water partition coefficient (Wildman–Crippen LogP) is 2.80. The van der Waals surface area contributed by atoms with E-state index in [0.717, 1.165) is 28.2 Å². The second kappa shape index (κ2) is 12.3. The largest absolute Gasteiger partial charge is 0.463 e. The lowest BCUT2D eigenvalue weighted by atomic mass is 10.1. The van der Waals surface area contributed by atoms with Gasteiger partial charge in [0.25, 0.3) is 5.56 Å². The zero-order valence-corrected chi connectivity index (χ0v) is 22.5. The van der Waals surface area contributed by atoms with Crippen molar-refractivity contribution in [1.82, 2.24) is 19.2 Å². The first-order valence-corrected chi connectivity index (χ1v) is 13.3. The lowest BCUT2D eigenvalue weighted by Gasteiger charge is -2.18. The topological polar surface area (TPSA) is 86.4 Å². The molecule has 0 aliphatic heterocycles. The Kier molecular flexibility index (Phi) is 8.70. The molecule has 4 aromatic rings. The molecular formula is C29H30N4O4S. The highest BCUT2D eigenvalue weighted by atomic mass is 32.1. The van der Waals surface area contributed by atoms with E-state index in [2.05, 4.69) is 0 Å². The number of hydrogen-bond acceptors (Lipinski definition) is 6. The van der Waals surface area contributed by atoms with Crippen molar-refractivity contribution in [2.75, 3.05) is 19.7 Å². The number of amides is 1. The van der Waals surface area contributed by atoms with Crippen LogP contribution in [0.3, 0.4) is 0 Å². The fraction of sp³-hybridized carbons (Fsp3) is 0.241. The molecule has 38 heavy (non-hydrogen) atoms. The van der Waals surface area contributed by atoms with Gasteiger partial charge in [-0.3, -0.25) is 14.2 Å². The number of ether oxygens (including phenoxy) is 1. The Morgan fingerprint density at radius 3 is 2.29 bits per heavy atom. The maximum atomic E-state index is 13.6. The molecule has 8 nitrogen and oxygen atoms in total. The van der Waals surface area contributed by atoms with Crippen LogP contribution < -0.4 is 14.8 Å². The van der Waals surface area contributed by atoms with E-state index in [4.69, 9.17) is 9.84 Å². The molecule has 2 aromatic carbocycles. The number of carbonyl (C=O) groups is 2. The number of carbonyl (C=O) groups excluding carboxylic acids is 2. The van der Waals surface area contributed by atoms with E-state index in [9.17, 15) is 14.4 Å². The highest BCUT2D eigenvalue weighted by molar-refractivity contribution is 7.07. The van der Waals surface area contributed by atoms with Crippen LogP contribution in [0.1, 0.15) is 26.3 Å². The number of rotatable bonds is 9. The van der Waals surface area contributed by atoms with Crippen molar-refractivity contribution in [2.24, 2.45) is 0 Å². The summed E-state index contributed by atoms with van der Waals surface area (Å²) in [6.45, 7) is 6.60. The maximum Gasteiger partial charge on any atom is 0.333 e. The Bertz CT molecular complexity index is 1580. The fourth-order valence-corrected chi connectivity index (χ4v) is 5.08. The molecule has 0 N–H and O–H groups in total. The SMILES string of the molecule is CCOC(=O)/C=c1\s/c(=C/c2cn(-c3ccccc3)nc2-c2ccccc2)c(=O)n1CC(=O)N(CC)CC. The number of thiazole rings is 1. The second-order valence-electron chi connectivity index (χ2n) is 8.38.